The summed E-state index contributed by atoms with van der Waals surface area (Å²) in [5, 5.41) is 2.81. The van der Waals surface area contributed by atoms with E-state index in [0.717, 1.165) is 11.4 Å². The number of pyridine rings is 1. The third-order valence-corrected chi connectivity index (χ3v) is 2.52. The smallest absolute Gasteiger partial charge is 0.249 e. The molecule has 1 rings (SSSR count). The molecule has 0 aliphatic carbocycles. The van der Waals surface area contributed by atoms with Crippen LogP contribution in [0.2, 0.25) is 0 Å². The first-order valence-corrected chi connectivity index (χ1v) is 6.06. The summed E-state index contributed by atoms with van der Waals surface area (Å²) in [5.41, 5.74) is 0.970. The molecule has 1 heterocycles. The Kier molecular flexibility index (Phi) is 5.58. The lowest BCUT2D eigenvalue weighted by atomic mass is 10.2. The van der Waals surface area contributed by atoms with E-state index in [1.807, 2.05) is 38.1 Å². The van der Waals surface area contributed by atoms with Gasteiger partial charge in [-0.1, -0.05) is 6.07 Å². The molecule has 0 bridgehead atoms. The molecule has 0 fully saturated rings. The zero-order valence-corrected chi connectivity index (χ0v) is 11.4. The average Bonchev–Trinajstić information content (AvgIpc) is 2.36. The summed E-state index contributed by atoms with van der Waals surface area (Å²) in [4.78, 5) is 17.8. The Balaban J connectivity index is 2.46. The monoisotopic (exact) mass is 251 g/mol. The maximum absolute atomic E-state index is 11.6. The van der Waals surface area contributed by atoms with Crippen molar-refractivity contribution in [3.05, 3.63) is 23.9 Å². The zero-order chi connectivity index (χ0) is 13.5. The average molecular weight is 251 g/mol. The highest BCUT2D eigenvalue weighted by atomic mass is 16.5. The van der Waals surface area contributed by atoms with E-state index in [2.05, 4.69) is 10.3 Å². The van der Waals surface area contributed by atoms with Gasteiger partial charge in [0, 0.05) is 33.4 Å². The summed E-state index contributed by atoms with van der Waals surface area (Å²) in [6, 6.07) is 3.88. The molecule has 0 aromatic carbocycles. The summed E-state index contributed by atoms with van der Waals surface area (Å²) in [7, 11) is 3.88. The third kappa shape index (κ3) is 4.33. The standard InChI is InChI=1S/C13H21N3O2/c1-5-18-10(2)13(17)15-9-11-6-7-12(14-8-11)16(3)4/h6-8,10H,5,9H2,1-4H3,(H,15,17)/t10-/m1/s1. The first-order chi connectivity index (χ1) is 8.54. The molecule has 0 saturated heterocycles. The van der Waals surface area contributed by atoms with Gasteiger partial charge in [-0.15, -0.1) is 0 Å². The van der Waals surface area contributed by atoms with E-state index in [1.54, 1.807) is 13.1 Å². The molecule has 1 atom stereocenters. The number of nitrogens with zero attached hydrogens (tertiary/aromatic N) is 2. The van der Waals surface area contributed by atoms with E-state index >= 15 is 0 Å². The fourth-order valence-corrected chi connectivity index (χ4v) is 1.44. The number of carbonyl (C=O) groups excluding carboxylic acids is 1. The second-order valence-corrected chi connectivity index (χ2v) is 4.23. The molecule has 0 spiro atoms. The van der Waals surface area contributed by atoms with Crippen molar-refractivity contribution < 1.29 is 9.53 Å². The molecule has 1 N–H and O–H groups in total. The predicted octanol–water partition coefficient (Wildman–Crippen LogP) is 1.19. The topological polar surface area (TPSA) is 54.5 Å². The van der Waals surface area contributed by atoms with E-state index < -0.39 is 6.10 Å². The van der Waals surface area contributed by atoms with Crippen LogP contribution in [0, 0.1) is 0 Å². The Morgan fingerprint density at radius 1 is 1.50 bits per heavy atom. The van der Waals surface area contributed by atoms with Gasteiger partial charge in [0.25, 0.3) is 0 Å². The SMILES string of the molecule is CCO[C@H](C)C(=O)NCc1ccc(N(C)C)nc1. The second kappa shape index (κ2) is 6.96. The van der Waals surface area contributed by atoms with Crippen LogP contribution in [0.15, 0.2) is 18.3 Å². The molecular weight excluding hydrogens is 230 g/mol. The van der Waals surface area contributed by atoms with E-state index in [4.69, 9.17) is 4.74 Å². The van der Waals surface area contributed by atoms with Crippen molar-refractivity contribution in [2.75, 3.05) is 25.6 Å². The lowest BCUT2D eigenvalue weighted by Crippen LogP contribution is -2.34. The maximum Gasteiger partial charge on any atom is 0.249 e. The number of anilines is 1. The molecule has 0 aliphatic rings. The molecule has 100 valence electrons. The van der Waals surface area contributed by atoms with E-state index in [-0.39, 0.29) is 5.91 Å². The van der Waals surface area contributed by atoms with Gasteiger partial charge in [0.2, 0.25) is 5.91 Å². The minimum Gasteiger partial charge on any atom is -0.369 e. The predicted molar refractivity (Wildman–Crippen MR) is 71.5 cm³/mol. The van der Waals surface area contributed by atoms with Gasteiger partial charge in [-0.3, -0.25) is 4.79 Å². The van der Waals surface area contributed by atoms with Crippen LogP contribution < -0.4 is 10.2 Å². The highest BCUT2D eigenvalue weighted by molar-refractivity contribution is 5.80. The Morgan fingerprint density at radius 3 is 2.72 bits per heavy atom. The largest absolute Gasteiger partial charge is 0.369 e. The number of carbonyl (C=O) groups is 1. The van der Waals surface area contributed by atoms with E-state index in [9.17, 15) is 4.79 Å². The number of aromatic nitrogens is 1. The Bertz CT molecular complexity index is 376. The van der Waals surface area contributed by atoms with Crippen LogP contribution >= 0.6 is 0 Å². The van der Waals surface area contributed by atoms with Gasteiger partial charge in [-0.2, -0.15) is 0 Å². The maximum atomic E-state index is 11.6. The highest BCUT2D eigenvalue weighted by Gasteiger charge is 2.11. The molecule has 0 aliphatic heterocycles. The van der Waals surface area contributed by atoms with Crippen molar-refractivity contribution in [3.8, 4) is 0 Å². The molecule has 5 nitrogen and oxygen atoms in total. The summed E-state index contributed by atoms with van der Waals surface area (Å²) in [5.74, 6) is 0.793. The number of hydrogen-bond acceptors (Lipinski definition) is 4. The van der Waals surface area contributed by atoms with Crippen molar-refractivity contribution in [1.29, 1.82) is 0 Å². The van der Waals surface area contributed by atoms with Crippen LogP contribution in [0.3, 0.4) is 0 Å². The van der Waals surface area contributed by atoms with Crippen molar-refractivity contribution in [3.63, 3.8) is 0 Å². The van der Waals surface area contributed by atoms with Crippen LogP contribution in [0.5, 0.6) is 0 Å². The van der Waals surface area contributed by atoms with Gasteiger partial charge < -0.3 is 15.0 Å². The second-order valence-electron chi connectivity index (χ2n) is 4.23. The number of nitrogens with one attached hydrogen (secondary N) is 1. The molecule has 1 amide bonds. The Hall–Kier alpha value is -1.62. The van der Waals surface area contributed by atoms with Gasteiger partial charge in [0.1, 0.15) is 11.9 Å². The number of rotatable bonds is 6. The molecule has 18 heavy (non-hydrogen) atoms. The quantitative estimate of drug-likeness (QED) is 0.825. The molecule has 1 aromatic heterocycles. The van der Waals surface area contributed by atoms with Crippen molar-refractivity contribution in [2.45, 2.75) is 26.5 Å². The van der Waals surface area contributed by atoms with Crippen LogP contribution in [-0.2, 0) is 16.1 Å². The number of amides is 1. The summed E-state index contributed by atoms with van der Waals surface area (Å²) < 4.78 is 5.21. The lowest BCUT2D eigenvalue weighted by molar-refractivity contribution is -0.131. The molecule has 0 unspecified atom stereocenters. The van der Waals surface area contributed by atoms with Crippen LogP contribution in [0.1, 0.15) is 19.4 Å². The zero-order valence-electron chi connectivity index (χ0n) is 11.4. The summed E-state index contributed by atoms with van der Waals surface area (Å²) >= 11 is 0. The molecule has 0 radical (unpaired) electrons. The first-order valence-electron chi connectivity index (χ1n) is 6.06. The molecular formula is C13H21N3O2. The van der Waals surface area contributed by atoms with Gasteiger partial charge in [-0.25, -0.2) is 4.98 Å². The van der Waals surface area contributed by atoms with Crippen LogP contribution in [-0.4, -0.2) is 37.7 Å². The first kappa shape index (κ1) is 14.4. The van der Waals surface area contributed by atoms with Gasteiger partial charge >= 0.3 is 0 Å². The van der Waals surface area contributed by atoms with E-state index in [0.29, 0.717) is 13.2 Å². The van der Waals surface area contributed by atoms with Crippen LogP contribution in [0.4, 0.5) is 5.82 Å². The minimum absolute atomic E-state index is 0.103. The molecule has 1 aromatic rings. The van der Waals surface area contributed by atoms with Gasteiger partial charge in [-0.05, 0) is 25.5 Å². The Labute approximate surface area is 108 Å². The Morgan fingerprint density at radius 2 is 2.22 bits per heavy atom. The fourth-order valence-electron chi connectivity index (χ4n) is 1.44. The normalized spacial score (nSPS) is 12.0. The van der Waals surface area contributed by atoms with Crippen LogP contribution in [0.25, 0.3) is 0 Å². The van der Waals surface area contributed by atoms with Gasteiger partial charge in [0.15, 0.2) is 0 Å². The number of ether oxygens (including phenoxy) is 1. The molecule has 5 heteroatoms. The highest BCUT2D eigenvalue weighted by Crippen LogP contribution is 2.07. The van der Waals surface area contributed by atoms with E-state index in [1.165, 1.54) is 0 Å². The lowest BCUT2D eigenvalue weighted by Gasteiger charge is -2.13. The van der Waals surface area contributed by atoms with Crippen molar-refractivity contribution >= 4 is 11.7 Å². The molecule has 0 saturated carbocycles. The van der Waals surface area contributed by atoms with Gasteiger partial charge in [0.05, 0.1) is 0 Å². The number of hydrogen-bond donors (Lipinski definition) is 1. The fraction of sp³-hybridized carbons (Fsp3) is 0.538. The van der Waals surface area contributed by atoms with Crippen molar-refractivity contribution in [1.82, 2.24) is 10.3 Å². The summed E-state index contributed by atoms with van der Waals surface area (Å²) in [6.07, 6.45) is 1.35. The summed E-state index contributed by atoms with van der Waals surface area (Å²) in [6.45, 7) is 4.62. The minimum atomic E-state index is -0.413. The van der Waals surface area contributed by atoms with Crippen molar-refractivity contribution in [2.24, 2.45) is 0 Å². The third-order valence-electron chi connectivity index (χ3n) is 2.52.